The Bertz CT molecular complexity index is 455. The van der Waals surface area contributed by atoms with Crippen molar-refractivity contribution in [2.75, 3.05) is 7.05 Å². The van der Waals surface area contributed by atoms with Crippen molar-refractivity contribution < 1.29 is 14.7 Å². The van der Waals surface area contributed by atoms with Crippen molar-refractivity contribution in [2.45, 2.75) is 39.7 Å². The van der Waals surface area contributed by atoms with Crippen LogP contribution >= 0.6 is 0 Å². The molecule has 5 nitrogen and oxygen atoms in total. The van der Waals surface area contributed by atoms with E-state index in [1.54, 1.807) is 24.3 Å². The molecule has 1 amide bonds. The first kappa shape index (κ1) is 16.1. The van der Waals surface area contributed by atoms with Gasteiger partial charge in [0, 0.05) is 32.4 Å². The zero-order valence-corrected chi connectivity index (χ0v) is 12.3. The summed E-state index contributed by atoms with van der Waals surface area (Å²) in [5.41, 5.74) is -0.0300. The van der Waals surface area contributed by atoms with Gasteiger partial charge in [0.15, 0.2) is 0 Å². The van der Waals surface area contributed by atoms with Gasteiger partial charge in [-0.2, -0.15) is 0 Å². The molecular weight excluding hydrogens is 256 g/mol. The Morgan fingerprint density at radius 1 is 1.35 bits per heavy atom. The van der Waals surface area contributed by atoms with E-state index in [-0.39, 0.29) is 12.3 Å². The van der Waals surface area contributed by atoms with Gasteiger partial charge in [-0.3, -0.25) is 14.6 Å². The fraction of sp³-hybridized carbons (Fsp3) is 0.533. The lowest BCUT2D eigenvalue weighted by Gasteiger charge is -2.28. The van der Waals surface area contributed by atoms with Crippen LogP contribution in [0.5, 0.6) is 0 Å². The van der Waals surface area contributed by atoms with Gasteiger partial charge in [-0.25, -0.2) is 0 Å². The fourth-order valence-corrected chi connectivity index (χ4v) is 2.16. The van der Waals surface area contributed by atoms with Crippen molar-refractivity contribution in [3.8, 4) is 0 Å². The second-order valence-electron chi connectivity index (χ2n) is 5.08. The molecule has 0 saturated carbocycles. The van der Waals surface area contributed by atoms with Gasteiger partial charge in [0.25, 0.3) is 0 Å². The highest BCUT2D eigenvalue weighted by Gasteiger charge is 2.37. The third kappa shape index (κ3) is 3.79. The molecule has 0 aliphatic heterocycles. The Kier molecular flexibility index (Phi) is 5.67. The summed E-state index contributed by atoms with van der Waals surface area (Å²) in [5, 5.41) is 9.36. The van der Waals surface area contributed by atoms with Gasteiger partial charge in [0.1, 0.15) is 0 Å². The normalized spacial score (nSPS) is 11.2. The number of hydrogen-bond donors (Lipinski definition) is 1. The molecule has 0 fully saturated rings. The first-order valence-electron chi connectivity index (χ1n) is 6.81. The number of nitrogens with zero attached hydrogens (tertiary/aromatic N) is 2. The van der Waals surface area contributed by atoms with Crippen LogP contribution in [0, 0.1) is 5.41 Å². The van der Waals surface area contributed by atoms with Crippen molar-refractivity contribution in [3.63, 3.8) is 0 Å². The first-order valence-corrected chi connectivity index (χ1v) is 6.81. The van der Waals surface area contributed by atoms with Crippen molar-refractivity contribution in [3.05, 3.63) is 30.1 Å². The standard InChI is InChI=1S/C15H22N2O3/c1-4-15(5-2,14(19)20)9-13(18)17(3)11-12-7-6-8-16-10-12/h6-8,10H,4-5,9,11H2,1-3H3,(H,19,20). The summed E-state index contributed by atoms with van der Waals surface area (Å²) in [6, 6.07) is 3.70. The highest BCUT2D eigenvalue weighted by atomic mass is 16.4. The molecule has 0 aliphatic rings. The molecule has 0 saturated heterocycles. The van der Waals surface area contributed by atoms with Crippen molar-refractivity contribution in [1.29, 1.82) is 0 Å². The molecule has 20 heavy (non-hydrogen) atoms. The average Bonchev–Trinajstić information content (AvgIpc) is 2.45. The number of hydrogen-bond acceptors (Lipinski definition) is 3. The number of carbonyl (C=O) groups is 2. The minimum absolute atomic E-state index is 0.0338. The average molecular weight is 278 g/mol. The Labute approximate surface area is 119 Å². The Morgan fingerprint density at radius 3 is 2.45 bits per heavy atom. The van der Waals surface area contributed by atoms with Crippen LogP contribution < -0.4 is 0 Å². The lowest BCUT2D eigenvalue weighted by molar-refractivity contribution is -0.154. The molecule has 1 rings (SSSR count). The van der Waals surface area contributed by atoms with Gasteiger partial charge in [-0.15, -0.1) is 0 Å². The summed E-state index contributed by atoms with van der Waals surface area (Å²) in [5.74, 6) is -1.05. The fourth-order valence-electron chi connectivity index (χ4n) is 2.16. The summed E-state index contributed by atoms with van der Waals surface area (Å²) in [6.45, 7) is 4.06. The molecule has 0 radical (unpaired) electrons. The van der Waals surface area contributed by atoms with Gasteiger partial charge in [-0.1, -0.05) is 19.9 Å². The molecule has 0 spiro atoms. The summed E-state index contributed by atoms with van der Waals surface area (Å²) >= 11 is 0. The van der Waals surface area contributed by atoms with E-state index in [2.05, 4.69) is 4.98 Å². The Balaban J connectivity index is 2.72. The van der Waals surface area contributed by atoms with Crippen LogP contribution in [0.25, 0.3) is 0 Å². The zero-order valence-electron chi connectivity index (χ0n) is 12.3. The number of carboxylic acid groups (broad SMARTS) is 1. The molecule has 1 aromatic heterocycles. The highest BCUT2D eigenvalue weighted by molar-refractivity contribution is 5.84. The predicted molar refractivity (Wildman–Crippen MR) is 76.0 cm³/mol. The molecule has 0 atom stereocenters. The summed E-state index contributed by atoms with van der Waals surface area (Å²) in [4.78, 5) is 29.2. The second-order valence-corrected chi connectivity index (χ2v) is 5.08. The maximum Gasteiger partial charge on any atom is 0.310 e. The maximum atomic E-state index is 12.2. The largest absolute Gasteiger partial charge is 0.481 e. The molecular formula is C15H22N2O3. The number of pyridine rings is 1. The van der Waals surface area contributed by atoms with E-state index in [9.17, 15) is 14.7 Å². The van der Waals surface area contributed by atoms with E-state index in [1.807, 2.05) is 26.0 Å². The lowest BCUT2D eigenvalue weighted by Crippen LogP contribution is -2.37. The highest BCUT2D eigenvalue weighted by Crippen LogP contribution is 2.31. The van der Waals surface area contributed by atoms with Crippen LogP contribution in [0.3, 0.4) is 0 Å². The van der Waals surface area contributed by atoms with E-state index in [1.165, 1.54) is 0 Å². The van der Waals surface area contributed by atoms with Crippen LogP contribution in [-0.2, 0) is 16.1 Å². The van der Waals surface area contributed by atoms with Crippen molar-refractivity contribution in [2.24, 2.45) is 5.41 Å². The smallest absolute Gasteiger partial charge is 0.310 e. The van der Waals surface area contributed by atoms with E-state index in [0.29, 0.717) is 19.4 Å². The van der Waals surface area contributed by atoms with Gasteiger partial charge >= 0.3 is 5.97 Å². The van der Waals surface area contributed by atoms with E-state index in [0.717, 1.165) is 5.56 Å². The molecule has 1 aromatic rings. The Morgan fingerprint density at radius 2 is 2.00 bits per heavy atom. The van der Waals surface area contributed by atoms with Gasteiger partial charge in [-0.05, 0) is 24.5 Å². The quantitative estimate of drug-likeness (QED) is 0.831. The number of rotatable bonds is 7. The molecule has 0 aromatic carbocycles. The third-order valence-electron chi connectivity index (χ3n) is 3.87. The molecule has 0 unspecified atom stereocenters. The van der Waals surface area contributed by atoms with Crippen molar-refractivity contribution >= 4 is 11.9 Å². The third-order valence-corrected chi connectivity index (χ3v) is 3.87. The SMILES string of the molecule is CCC(CC)(CC(=O)N(C)Cc1cccnc1)C(=O)O. The number of carbonyl (C=O) groups excluding carboxylic acids is 1. The number of aliphatic carboxylic acids is 1. The number of aromatic nitrogens is 1. The molecule has 110 valence electrons. The summed E-state index contributed by atoms with van der Waals surface area (Å²) in [6.07, 6.45) is 4.31. The molecule has 0 bridgehead atoms. The predicted octanol–water partition coefficient (Wildman–Crippen LogP) is 2.32. The van der Waals surface area contributed by atoms with E-state index >= 15 is 0 Å². The number of amides is 1. The van der Waals surface area contributed by atoms with Gasteiger partial charge in [0.05, 0.1) is 5.41 Å². The van der Waals surface area contributed by atoms with Gasteiger partial charge in [0.2, 0.25) is 5.91 Å². The lowest BCUT2D eigenvalue weighted by atomic mass is 9.79. The van der Waals surface area contributed by atoms with Crippen LogP contribution in [0.1, 0.15) is 38.7 Å². The molecule has 1 heterocycles. The van der Waals surface area contributed by atoms with Crippen LogP contribution in [0.15, 0.2) is 24.5 Å². The van der Waals surface area contributed by atoms with Crippen LogP contribution in [0.4, 0.5) is 0 Å². The van der Waals surface area contributed by atoms with Crippen LogP contribution in [-0.4, -0.2) is 33.9 Å². The molecule has 5 heteroatoms. The minimum atomic E-state index is -0.958. The molecule has 1 N–H and O–H groups in total. The van der Waals surface area contributed by atoms with Crippen LogP contribution in [0.2, 0.25) is 0 Å². The second kappa shape index (κ2) is 7.03. The van der Waals surface area contributed by atoms with E-state index in [4.69, 9.17) is 0 Å². The van der Waals surface area contributed by atoms with Gasteiger partial charge < -0.3 is 10.0 Å². The minimum Gasteiger partial charge on any atom is -0.481 e. The maximum absolute atomic E-state index is 12.2. The summed E-state index contributed by atoms with van der Waals surface area (Å²) < 4.78 is 0. The first-order chi connectivity index (χ1) is 9.45. The topological polar surface area (TPSA) is 70.5 Å². The Hall–Kier alpha value is -1.91. The molecule has 0 aliphatic carbocycles. The van der Waals surface area contributed by atoms with Crippen molar-refractivity contribution in [1.82, 2.24) is 9.88 Å². The number of carboxylic acids is 1. The summed E-state index contributed by atoms with van der Waals surface area (Å²) in [7, 11) is 1.69. The van der Waals surface area contributed by atoms with E-state index < -0.39 is 11.4 Å². The monoisotopic (exact) mass is 278 g/mol. The zero-order chi connectivity index (χ0) is 15.2.